The Kier molecular flexibility index (Phi) is 7.49. The molecule has 7 nitrogen and oxygen atoms in total. The van der Waals surface area contributed by atoms with Crippen LogP contribution in [0.3, 0.4) is 0 Å². The molecule has 1 aromatic heterocycles. The van der Waals surface area contributed by atoms with Gasteiger partial charge in [0.05, 0.1) is 51.7 Å². The molecule has 2 aliphatic rings. The third-order valence-electron chi connectivity index (χ3n) is 5.02. The lowest BCUT2D eigenvalue weighted by atomic mass is 9.74. The number of nitrogens with zero attached hydrogens (tertiary/aromatic N) is 2. The number of ether oxygens (including phenoxy) is 4. The van der Waals surface area contributed by atoms with Crippen LogP contribution in [0.25, 0.3) is 0 Å². The van der Waals surface area contributed by atoms with Gasteiger partial charge in [-0.15, -0.1) is 0 Å². The van der Waals surface area contributed by atoms with E-state index < -0.39 is 0 Å². The number of rotatable bonds is 9. The Morgan fingerprint density at radius 2 is 2.04 bits per heavy atom. The van der Waals surface area contributed by atoms with Crippen LogP contribution in [0.2, 0.25) is 0 Å². The summed E-state index contributed by atoms with van der Waals surface area (Å²) < 4.78 is 22.4. The first-order chi connectivity index (χ1) is 12.8. The molecule has 0 N–H and O–H groups in total. The maximum Gasteiger partial charge on any atom is 0.168 e. The highest BCUT2D eigenvalue weighted by molar-refractivity contribution is 5.71. The highest BCUT2D eigenvalue weighted by Gasteiger charge is 2.37. The largest absolute Gasteiger partial charge is 0.378 e. The van der Waals surface area contributed by atoms with Crippen LogP contribution in [0.1, 0.15) is 48.4 Å². The van der Waals surface area contributed by atoms with Crippen molar-refractivity contribution in [3.63, 3.8) is 0 Å². The molecule has 1 aromatic rings. The van der Waals surface area contributed by atoms with Gasteiger partial charge in [-0.1, -0.05) is 19.3 Å². The molecule has 1 aliphatic carbocycles. The lowest BCUT2D eigenvalue weighted by Gasteiger charge is -2.35. The van der Waals surface area contributed by atoms with Crippen LogP contribution < -0.4 is 0 Å². The maximum atomic E-state index is 11.1. The molecule has 2 heterocycles. The Hall–Kier alpha value is -1.41. The zero-order valence-corrected chi connectivity index (χ0v) is 15.2. The highest BCUT2D eigenvalue weighted by atomic mass is 16.6. The van der Waals surface area contributed by atoms with Crippen molar-refractivity contribution in [3.05, 3.63) is 23.8 Å². The molecule has 2 fully saturated rings. The number of aromatic nitrogens is 2. The minimum absolute atomic E-state index is 0.0212. The molecule has 1 atom stereocenters. The minimum atomic E-state index is -0.197. The van der Waals surface area contributed by atoms with Gasteiger partial charge in [0.25, 0.3) is 0 Å². The lowest BCUT2D eigenvalue weighted by molar-refractivity contribution is -0.118. The van der Waals surface area contributed by atoms with E-state index in [9.17, 15) is 4.79 Å². The van der Waals surface area contributed by atoms with E-state index in [1.807, 2.05) is 0 Å². The fraction of sp³-hybridized carbons (Fsp3) is 0.737. The predicted octanol–water partition coefficient (Wildman–Crippen LogP) is 1.94. The molecule has 144 valence electrons. The number of hydrogen-bond donors (Lipinski definition) is 0. The standard InChI is InChI=1S/C19H28N2O5/c22-12-16-4-7-20-18(21-16)19(5-2-1-3-6-19)15-25-9-8-23-13-17-14-24-10-11-26-17/h4,7,12,17H,1-3,5-6,8-11,13-15H2. The second-order valence-electron chi connectivity index (χ2n) is 6.96. The first kappa shape index (κ1) is 19.4. The molecule has 1 aliphatic heterocycles. The van der Waals surface area contributed by atoms with E-state index in [1.165, 1.54) is 6.42 Å². The van der Waals surface area contributed by atoms with Crippen molar-refractivity contribution < 1.29 is 23.7 Å². The van der Waals surface area contributed by atoms with Crippen LogP contribution in [-0.4, -0.2) is 68.6 Å². The Labute approximate surface area is 154 Å². The zero-order valence-electron chi connectivity index (χ0n) is 15.2. The molecule has 7 heteroatoms. The monoisotopic (exact) mass is 364 g/mol. The van der Waals surface area contributed by atoms with Gasteiger partial charge in [0.1, 0.15) is 17.6 Å². The van der Waals surface area contributed by atoms with Crippen molar-refractivity contribution in [2.24, 2.45) is 0 Å². The SMILES string of the molecule is O=Cc1ccnc(C2(COCCOCC3COCCO3)CCCCC2)n1. The molecule has 0 spiro atoms. The summed E-state index contributed by atoms with van der Waals surface area (Å²) >= 11 is 0. The molecule has 0 radical (unpaired) electrons. The van der Waals surface area contributed by atoms with Crippen LogP contribution in [0.15, 0.2) is 12.3 Å². The summed E-state index contributed by atoms with van der Waals surface area (Å²) in [5, 5.41) is 0. The molecule has 1 saturated carbocycles. The van der Waals surface area contributed by atoms with E-state index in [1.54, 1.807) is 12.3 Å². The average Bonchev–Trinajstić information content (AvgIpc) is 2.72. The molecule has 0 amide bonds. The van der Waals surface area contributed by atoms with Gasteiger partial charge in [0.2, 0.25) is 0 Å². The van der Waals surface area contributed by atoms with E-state index in [-0.39, 0.29) is 11.5 Å². The zero-order chi connectivity index (χ0) is 18.1. The highest BCUT2D eigenvalue weighted by Crippen LogP contribution is 2.38. The Morgan fingerprint density at radius 1 is 1.19 bits per heavy atom. The topological polar surface area (TPSA) is 79.8 Å². The normalized spacial score (nSPS) is 22.8. The summed E-state index contributed by atoms with van der Waals surface area (Å²) in [6.07, 6.45) is 7.92. The number of carbonyl (C=O) groups excluding carboxylic acids is 1. The van der Waals surface area contributed by atoms with Crippen LogP contribution in [0, 0.1) is 0 Å². The summed E-state index contributed by atoms with van der Waals surface area (Å²) in [6.45, 7) is 4.00. The smallest absolute Gasteiger partial charge is 0.168 e. The molecule has 0 bridgehead atoms. The molecular formula is C19H28N2O5. The van der Waals surface area contributed by atoms with Crippen LogP contribution in [-0.2, 0) is 24.4 Å². The van der Waals surface area contributed by atoms with Crippen molar-refractivity contribution >= 4 is 6.29 Å². The lowest BCUT2D eigenvalue weighted by Crippen LogP contribution is -2.37. The molecule has 26 heavy (non-hydrogen) atoms. The van der Waals surface area contributed by atoms with Gasteiger partial charge in [0.15, 0.2) is 6.29 Å². The van der Waals surface area contributed by atoms with Crippen molar-refractivity contribution in [2.75, 3.05) is 46.2 Å². The first-order valence-electron chi connectivity index (χ1n) is 9.46. The fourth-order valence-corrected chi connectivity index (χ4v) is 3.59. The summed E-state index contributed by atoms with van der Waals surface area (Å²) in [6, 6.07) is 1.64. The van der Waals surface area contributed by atoms with Crippen molar-refractivity contribution in [1.29, 1.82) is 0 Å². The van der Waals surface area contributed by atoms with Crippen LogP contribution in [0.4, 0.5) is 0 Å². The Balaban J connectivity index is 1.46. The van der Waals surface area contributed by atoms with E-state index in [0.29, 0.717) is 51.9 Å². The second kappa shape index (κ2) is 10.1. The van der Waals surface area contributed by atoms with Gasteiger partial charge in [-0.25, -0.2) is 9.97 Å². The minimum Gasteiger partial charge on any atom is -0.378 e. The fourth-order valence-electron chi connectivity index (χ4n) is 3.59. The predicted molar refractivity (Wildman–Crippen MR) is 94.4 cm³/mol. The van der Waals surface area contributed by atoms with Crippen molar-refractivity contribution in [2.45, 2.75) is 43.6 Å². The molecular weight excluding hydrogens is 336 g/mol. The van der Waals surface area contributed by atoms with Crippen LogP contribution >= 0.6 is 0 Å². The first-order valence-corrected chi connectivity index (χ1v) is 9.46. The van der Waals surface area contributed by atoms with Gasteiger partial charge in [-0.3, -0.25) is 4.79 Å². The number of aldehydes is 1. The Bertz CT molecular complexity index is 557. The van der Waals surface area contributed by atoms with Gasteiger partial charge in [-0.05, 0) is 18.9 Å². The average molecular weight is 364 g/mol. The van der Waals surface area contributed by atoms with Gasteiger partial charge >= 0.3 is 0 Å². The van der Waals surface area contributed by atoms with E-state index >= 15 is 0 Å². The van der Waals surface area contributed by atoms with Crippen LogP contribution in [0.5, 0.6) is 0 Å². The van der Waals surface area contributed by atoms with E-state index in [2.05, 4.69) is 9.97 Å². The molecule has 1 saturated heterocycles. The summed E-state index contributed by atoms with van der Waals surface area (Å²) in [5.74, 6) is 0.732. The van der Waals surface area contributed by atoms with Gasteiger partial charge in [0, 0.05) is 6.20 Å². The maximum absolute atomic E-state index is 11.1. The van der Waals surface area contributed by atoms with E-state index in [0.717, 1.165) is 37.8 Å². The molecule has 0 aromatic carbocycles. The summed E-state index contributed by atoms with van der Waals surface area (Å²) in [5.41, 5.74) is 0.232. The molecule has 1 unspecified atom stereocenters. The Morgan fingerprint density at radius 3 is 2.81 bits per heavy atom. The third-order valence-corrected chi connectivity index (χ3v) is 5.02. The quantitative estimate of drug-likeness (QED) is 0.489. The van der Waals surface area contributed by atoms with Crippen molar-refractivity contribution in [1.82, 2.24) is 9.97 Å². The summed E-state index contributed by atoms with van der Waals surface area (Å²) in [7, 11) is 0. The number of hydrogen-bond acceptors (Lipinski definition) is 7. The second-order valence-corrected chi connectivity index (χ2v) is 6.96. The summed E-state index contributed by atoms with van der Waals surface area (Å²) in [4.78, 5) is 19.9. The third kappa shape index (κ3) is 5.30. The van der Waals surface area contributed by atoms with Gasteiger partial charge < -0.3 is 18.9 Å². The van der Waals surface area contributed by atoms with E-state index in [4.69, 9.17) is 18.9 Å². The van der Waals surface area contributed by atoms with Gasteiger partial charge in [-0.2, -0.15) is 0 Å². The van der Waals surface area contributed by atoms with Crippen molar-refractivity contribution in [3.8, 4) is 0 Å². The number of carbonyl (C=O) groups is 1. The molecule has 3 rings (SSSR count).